The van der Waals surface area contributed by atoms with Gasteiger partial charge in [-0.1, -0.05) is 36.4 Å². The third-order valence-corrected chi connectivity index (χ3v) is 3.70. The SMILES string of the molecule is Nc1ccc(Cc2ccccc2)c(N2CCOCC2)c1. The number of anilines is 2. The van der Waals surface area contributed by atoms with Gasteiger partial charge in [-0.15, -0.1) is 0 Å². The van der Waals surface area contributed by atoms with E-state index in [2.05, 4.69) is 47.4 Å². The molecule has 0 bridgehead atoms. The van der Waals surface area contributed by atoms with Crippen molar-refractivity contribution in [3.8, 4) is 0 Å². The summed E-state index contributed by atoms with van der Waals surface area (Å²) in [6.45, 7) is 3.45. The van der Waals surface area contributed by atoms with Crippen LogP contribution in [-0.4, -0.2) is 26.3 Å². The molecule has 3 heteroatoms. The van der Waals surface area contributed by atoms with Gasteiger partial charge in [0, 0.05) is 24.5 Å². The van der Waals surface area contributed by atoms with Crippen LogP contribution in [0.4, 0.5) is 11.4 Å². The molecule has 1 heterocycles. The average molecular weight is 268 g/mol. The Morgan fingerprint density at radius 2 is 1.75 bits per heavy atom. The third-order valence-electron chi connectivity index (χ3n) is 3.70. The van der Waals surface area contributed by atoms with Crippen molar-refractivity contribution in [3.63, 3.8) is 0 Å². The monoisotopic (exact) mass is 268 g/mol. The smallest absolute Gasteiger partial charge is 0.0642 e. The molecule has 0 amide bonds. The van der Waals surface area contributed by atoms with E-state index in [0.717, 1.165) is 38.4 Å². The zero-order chi connectivity index (χ0) is 13.8. The number of nitrogen functional groups attached to an aromatic ring is 1. The summed E-state index contributed by atoms with van der Waals surface area (Å²) in [6.07, 6.45) is 0.938. The maximum atomic E-state index is 5.97. The molecule has 0 saturated carbocycles. The lowest BCUT2D eigenvalue weighted by Crippen LogP contribution is -2.36. The lowest BCUT2D eigenvalue weighted by atomic mass is 10.0. The summed E-state index contributed by atoms with van der Waals surface area (Å²) in [7, 11) is 0. The largest absolute Gasteiger partial charge is 0.399 e. The summed E-state index contributed by atoms with van der Waals surface area (Å²) in [5.74, 6) is 0. The number of rotatable bonds is 3. The molecule has 2 aromatic carbocycles. The van der Waals surface area contributed by atoms with Crippen LogP contribution >= 0.6 is 0 Å². The minimum absolute atomic E-state index is 0.791. The van der Waals surface area contributed by atoms with Crippen molar-refractivity contribution in [3.05, 3.63) is 59.7 Å². The molecule has 2 aromatic rings. The molecule has 20 heavy (non-hydrogen) atoms. The van der Waals surface area contributed by atoms with Gasteiger partial charge in [-0.25, -0.2) is 0 Å². The first-order valence-electron chi connectivity index (χ1n) is 7.08. The number of benzene rings is 2. The van der Waals surface area contributed by atoms with Gasteiger partial charge in [-0.2, -0.15) is 0 Å². The van der Waals surface area contributed by atoms with Crippen molar-refractivity contribution in [1.82, 2.24) is 0 Å². The highest BCUT2D eigenvalue weighted by atomic mass is 16.5. The van der Waals surface area contributed by atoms with Crippen LogP contribution in [0, 0.1) is 0 Å². The minimum Gasteiger partial charge on any atom is -0.399 e. The van der Waals surface area contributed by atoms with Crippen molar-refractivity contribution < 1.29 is 4.74 Å². The van der Waals surface area contributed by atoms with Crippen molar-refractivity contribution in [2.24, 2.45) is 0 Å². The number of nitrogens with two attached hydrogens (primary N) is 1. The Morgan fingerprint density at radius 3 is 2.50 bits per heavy atom. The molecule has 3 rings (SSSR count). The Hall–Kier alpha value is -2.00. The van der Waals surface area contributed by atoms with Gasteiger partial charge >= 0.3 is 0 Å². The maximum Gasteiger partial charge on any atom is 0.0642 e. The van der Waals surface area contributed by atoms with Gasteiger partial charge in [0.1, 0.15) is 0 Å². The highest BCUT2D eigenvalue weighted by Crippen LogP contribution is 2.26. The van der Waals surface area contributed by atoms with Gasteiger partial charge in [-0.05, 0) is 29.7 Å². The number of morpholine rings is 1. The molecule has 1 fully saturated rings. The fraction of sp³-hybridized carbons (Fsp3) is 0.294. The van der Waals surface area contributed by atoms with E-state index in [1.165, 1.54) is 16.8 Å². The quantitative estimate of drug-likeness (QED) is 0.870. The summed E-state index contributed by atoms with van der Waals surface area (Å²) in [5, 5.41) is 0. The minimum atomic E-state index is 0.791. The fourth-order valence-electron chi connectivity index (χ4n) is 2.64. The first kappa shape index (κ1) is 13.0. The number of nitrogens with zero attached hydrogens (tertiary/aromatic N) is 1. The average Bonchev–Trinajstić information content (AvgIpc) is 2.51. The molecule has 0 spiro atoms. The van der Waals surface area contributed by atoms with Crippen molar-refractivity contribution >= 4 is 11.4 Å². The van der Waals surface area contributed by atoms with E-state index in [1.54, 1.807) is 0 Å². The van der Waals surface area contributed by atoms with Gasteiger partial charge in [0.05, 0.1) is 13.2 Å². The first-order chi connectivity index (χ1) is 9.83. The van der Waals surface area contributed by atoms with E-state index in [-0.39, 0.29) is 0 Å². The van der Waals surface area contributed by atoms with E-state index in [4.69, 9.17) is 10.5 Å². The molecule has 0 aromatic heterocycles. The summed E-state index contributed by atoms with van der Waals surface area (Å²) < 4.78 is 5.44. The molecular weight excluding hydrogens is 248 g/mol. The van der Waals surface area contributed by atoms with Gasteiger partial charge in [0.15, 0.2) is 0 Å². The molecular formula is C17H20N2O. The molecule has 1 aliphatic rings. The normalized spacial score (nSPS) is 15.3. The van der Waals surface area contributed by atoms with E-state index in [1.807, 2.05) is 6.07 Å². The van der Waals surface area contributed by atoms with Crippen LogP contribution in [0.5, 0.6) is 0 Å². The molecule has 2 N–H and O–H groups in total. The third kappa shape index (κ3) is 2.94. The van der Waals surface area contributed by atoms with Crippen LogP contribution in [0.3, 0.4) is 0 Å². The van der Waals surface area contributed by atoms with Crippen molar-refractivity contribution in [2.75, 3.05) is 36.9 Å². The summed E-state index contributed by atoms with van der Waals surface area (Å²) in [5.41, 5.74) is 10.7. The lowest BCUT2D eigenvalue weighted by molar-refractivity contribution is 0.122. The van der Waals surface area contributed by atoms with Crippen LogP contribution in [0.2, 0.25) is 0 Å². The zero-order valence-corrected chi connectivity index (χ0v) is 11.6. The second-order valence-electron chi connectivity index (χ2n) is 5.15. The molecule has 0 unspecified atom stereocenters. The second-order valence-corrected chi connectivity index (χ2v) is 5.15. The summed E-state index contributed by atoms with van der Waals surface area (Å²) in [4.78, 5) is 2.37. The van der Waals surface area contributed by atoms with E-state index >= 15 is 0 Å². The van der Waals surface area contributed by atoms with E-state index in [0.29, 0.717) is 0 Å². The second kappa shape index (κ2) is 5.97. The van der Waals surface area contributed by atoms with Gasteiger partial charge < -0.3 is 15.4 Å². The molecule has 0 aliphatic carbocycles. The highest BCUT2D eigenvalue weighted by molar-refractivity contribution is 5.62. The topological polar surface area (TPSA) is 38.5 Å². The first-order valence-corrected chi connectivity index (χ1v) is 7.08. The standard InChI is InChI=1S/C17H20N2O/c18-16-7-6-15(12-14-4-2-1-3-5-14)17(13-16)19-8-10-20-11-9-19/h1-7,13H,8-12,18H2. The summed E-state index contributed by atoms with van der Waals surface area (Å²) in [6, 6.07) is 16.8. The lowest BCUT2D eigenvalue weighted by Gasteiger charge is -2.31. The van der Waals surface area contributed by atoms with Crippen LogP contribution in [0.15, 0.2) is 48.5 Å². The highest BCUT2D eigenvalue weighted by Gasteiger charge is 2.15. The van der Waals surface area contributed by atoms with Gasteiger partial charge in [0.25, 0.3) is 0 Å². The van der Waals surface area contributed by atoms with Gasteiger partial charge in [0.2, 0.25) is 0 Å². The predicted octanol–water partition coefficient (Wildman–Crippen LogP) is 2.70. The number of ether oxygens (including phenoxy) is 1. The van der Waals surface area contributed by atoms with Crippen LogP contribution < -0.4 is 10.6 Å². The predicted molar refractivity (Wildman–Crippen MR) is 83.1 cm³/mol. The van der Waals surface area contributed by atoms with Crippen molar-refractivity contribution in [2.45, 2.75) is 6.42 Å². The summed E-state index contributed by atoms with van der Waals surface area (Å²) >= 11 is 0. The van der Waals surface area contributed by atoms with Crippen molar-refractivity contribution in [1.29, 1.82) is 0 Å². The fourth-order valence-corrected chi connectivity index (χ4v) is 2.64. The Bertz CT molecular complexity index is 562. The number of hydrogen-bond donors (Lipinski definition) is 1. The molecule has 1 saturated heterocycles. The van der Waals surface area contributed by atoms with E-state index < -0.39 is 0 Å². The Morgan fingerprint density at radius 1 is 1.00 bits per heavy atom. The molecule has 1 aliphatic heterocycles. The molecule has 3 nitrogen and oxygen atoms in total. The van der Waals surface area contributed by atoms with Crippen LogP contribution in [0.25, 0.3) is 0 Å². The maximum absolute atomic E-state index is 5.97. The van der Waals surface area contributed by atoms with Crippen LogP contribution in [-0.2, 0) is 11.2 Å². The molecule has 104 valence electrons. The van der Waals surface area contributed by atoms with E-state index in [9.17, 15) is 0 Å². The Kier molecular flexibility index (Phi) is 3.88. The molecule has 0 atom stereocenters. The van der Waals surface area contributed by atoms with Gasteiger partial charge in [-0.3, -0.25) is 0 Å². The Balaban J connectivity index is 1.89. The number of hydrogen-bond acceptors (Lipinski definition) is 3. The van der Waals surface area contributed by atoms with Crippen LogP contribution in [0.1, 0.15) is 11.1 Å². The zero-order valence-electron chi connectivity index (χ0n) is 11.6. The molecule has 0 radical (unpaired) electrons. The Labute approximate surface area is 120 Å².